The van der Waals surface area contributed by atoms with Crippen molar-refractivity contribution in [1.29, 1.82) is 0 Å². The van der Waals surface area contributed by atoms with Crippen molar-refractivity contribution in [3.8, 4) is 0 Å². The summed E-state index contributed by atoms with van der Waals surface area (Å²) in [6, 6.07) is 22.0. The molecule has 3 atom stereocenters. The first-order valence-electron chi connectivity index (χ1n) is 13.0. The minimum absolute atomic E-state index is 0.0208. The lowest BCUT2D eigenvalue weighted by Crippen LogP contribution is -2.67. The molecule has 1 heterocycles. The maximum Gasteiger partial charge on any atom is 0.261 e. The van der Waals surface area contributed by atoms with E-state index in [1.807, 2.05) is 0 Å². The number of hydrogen-bond acceptors (Lipinski definition) is 3. The Morgan fingerprint density at radius 2 is 1.39 bits per heavy atom. The summed E-state index contributed by atoms with van der Waals surface area (Å²) < 4.78 is 19.2. The van der Waals surface area contributed by atoms with E-state index in [1.54, 1.807) is 0 Å². The second kappa shape index (κ2) is 11.3. The molecule has 0 aromatic heterocycles. The number of hydrogen-bond donors (Lipinski definition) is 0. The first-order valence-corrected chi connectivity index (χ1v) is 14.9. The van der Waals surface area contributed by atoms with E-state index in [2.05, 4.69) is 81.4 Å². The van der Waals surface area contributed by atoms with Crippen LogP contribution < -0.4 is 10.4 Å². The maximum absolute atomic E-state index is 7.22. The minimum atomic E-state index is -2.45. The predicted molar refractivity (Wildman–Crippen MR) is 139 cm³/mol. The van der Waals surface area contributed by atoms with Crippen LogP contribution in [0, 0.1) is 11.8 Å². The van der Waals surface area contributed by atoms with Gasteiger partial charge in [-0.3, -0.25) is 0 Å². The molecule has 0 radical (unpaired) electrons. The van der Waals surface area contributed by atoms with E-state index in [4.69, 9.17) is 13.9 Å². The van der Waals surface area contributed by atoms with Crippen molar-refractivity contribution in [3.05, 3.63) is 60.7 Å². The van der Waals surface area contributed by atoms with Gasteiger partial charge in [0.1, 0.15) is 0 Å². The molecule has 4 rings (SSSR count). The van der Waals surface area contributed by atoms with Crippen LogP contribution in [0.2, 0.25) is 5.04 Å². The zero-order chi connectivity index (χ0) is 23.2. The van der Waals surface area contributed by atoms with Gasteiger partial charge in [-0.1, -0.05) is 87.9 Å². The van der Waals surface area contributed by atoms with Crippen LogP contribution in [0.5, 0.6) is 0 Å². The molecule has 1 saturated carbocycles. The molecule has 1 unspecified atom stereocenters. The molecule has 33 heavy (non-hydrogen) atoms. The van der Waals surface area contributed by atoms with Gasteiger partial charge in [0.25, 0.3) is 8.32 Å². The van der Waals surface area contributed by atoms with E-state index < -0.39 is 8.32 Å². The lowest BCUT2D eigenvalue weighted by molar-refractivity contribution is -0.171. The van der Waals surface area contributed by atoms with E-state index in [1.165, 1.54) is 48.9 Å². The second-order valence-corrected chi connectivity index (χ2v) is 15.3. The van der Waals surface area contributed by atoms with Crippen molar-refractivity contribution in [2.24, 2.45) is 11.8 Å². The lowest BCUT2D eigenvalue weighted by atomic mass is 9.82. The fourth-order valence-corrected chi connectivity index (χ4v) is 10.4. The predicted octanol–water partition coefficient (Wildman–Crippen LogP) is 5.91. The standard InChI is InChI=1S/C29H42O3Si/c1-29(2,3)33(26-15-6-4-7-16-26,27-17-8-5-9-18-27)32-23-25-14-12-13-24(21-25)22-31-28-19-10-11-20-30-28/h4-9,15-18,24-25,28H,10-14,19-23H2,1-3H3/t24-,25+,28?/m0/s1. The first kappa shape index (κ1) is 24.7. The van der Waals surface area contributed by atoms with Crippen LogP contribution in [0.4, 0.5) is 0 Å². The molecule has 2 aliphatic rings. The molecular formula is C29H42O3Si. The summed E-state index contributed by atoms with van der Waals surface area (Å²) in [4.78, 5) is 0. The van der Waals surface area contributed by atoms with Crippen LogP contribution in [0.25, 0.3) is 0 Å². The van der Waals surface area contributed by atoms with Gasteiger partial charge in [0, 0.05) is 13.2 Å². The molecule has 0 bridgehead atoms. The normalized spacial score (nSPS) is 24.5. The molecule has 1 saturated heterocycles. The quantitative estimate of drug-likeness (QED) is 0.453. The highest BCUT2D eigenvalue weighted by atomic mass is 28.4. The van der Waals surface area contributed by atoms with Gasteiger partial charge in [0.2, 0.25) is 0 Å². The summed E-state index contributed by atoms with van der Waals surface area (Å²) in [5.74, 6) is 1.22. The Balaban J connectivity index is 1.47. The van der Waals surface area contributed by atoms with E-state index in [0.29, 0.717) is 11.8 Å². The highest BCUT2D eigenvalue weighted by Crippen LogP contribution is 2.38. The molecule has 2 aromatic carbocycles. The highest BCUT2D eigenvalue weighted by molar-refractivity contribution is 6.99. The molecule has 0 amide bonds. The summed E-state index contributed by atoms with van der Waals surface area (Å²) >= 11 is 0. The summed E-state index contributed by atoms with van der Waals surface area (Å²) in [7, 11) is -2.45. The van der Waals surface area contributed by atoms with Crippen LogP contribution in [0.3, 0.4) is 0 Å². The fraction of sp³-hybridized carbons (Fsp3) is 0.586. The second-order valence-electron chi connectivity index (χ2n) is 11.0. The Hall–Kier alpha value is -1.46. The summed E-state index contributed by atoms with van der Waals surface area (Å²) in [5, 5.41) is 2.77. The number of rotatable bonds is 8. The SMILES string of the molecule is CC(C)(C)[Si](OC[C@@H]1CCC[C@H](COC2CCCCO2)C1)(c1ccccc1)c1ccccc1. The molecule has 0 N–H and O–H groups in total. The van der Waals surface area contributed by atoms with E-state index in [9.17, 15) is 0 Å². The maximum atomic E-state index is 7.22. The summed E-state index contributed by atoms with van der Waals surface area (Å²) in [5.41, 5.74) is 0. The van der Waals surface area contributed by atoms with Gasteiger partial charge < -0.3 is 13.9 Å². The lowest BCUT2D eigenvalue weighted by Gasteiger charge is -2.44. The third-order valence-electron chi connectivity index (χ3n) is 7.50. The monoisotopic (exact) mass is 466 g/mol. The molecule has 1 aliphatic carbocycles. The van der Waals surface area contributed by atoms with Crippen LogP contribution in [-0.4, -0.2) is 34.4 Å². The molecular weight excluding hydrogens is 424 g/mol. The van der Waals surface area contributed by atoms with Crippen molar-refractivity contribution in [2.45, 2.75) is 77.0 Å². The van der Waals surface area contributed by atoms with E-state index in [-0.39, 0.29) is 11.3 Å². The Kier molecular flexibility index (Phi) is 8.45. The Morgan fingerprint density at radius 1 is 0.788 bits per heavy atom. The van der Waals surface area contributed by atoms with Crippen LogP contribution in [0.1, 0.15) is 65.7 Å². The molecule has 3 nitrogen and oxygen atoms in total. The molecule has 2 fully saturated rings. The van der Waals surface area contributed by atoms with Crippen molar-refractivity contribution in [1.82, 2.24) is 0 Å². The van der Waals surface area contributed by atoms with Crippen molar-refractivity contribution < 1.29 is 13.9 Å². The van der Waals surface area contributed by atoms with E-state index in [0.717, 1.165) is 26.2 Å². The van der Waals surface area contributed by atoms with Crippen molar-refractivity contribution in [2.75, 3.05) is 19.8 Å². The number of benzene rings is 2. The molecule has 4 heteroatoms. The summed E-state index contributed by atoms with van der Waals surface area (Å²) in [6.07, 6.45) is 8.46. The smallest absolute Gasteiger partial charge is 0.261 e. The van der Waals surface area contributed by atoms with Gasteiger partial charge in [0.05, 0.1) is 6.61 Å². The van der Waals surface area contributed by atoms with Gasteiger partial charge in [-0.2, -0.15) is 0 Å². The van der Waals surface area contributed by atoms with Crippen LogP contribution >= 0.6 is 0 Å². The third kappa shape index (κ3) is 5.97. The summed E-state index contributed by atoms with van der Waals surface area (Å²) in [6.45, 7) is 9.61. The average Bonchev–Trinajstić information content (AvgIpc) is 2.85. The van der Waals surface area contributed by atoms with Gasteiger partial charge >= 0.3 is 0 Å². The third-order valence-corrected chi connectivity index (χ3v) is 12.5. The van der Waals surface area contributed by atoms with Gasteiger partial charge in [-0.25, -0.2) is 0 Å². The molecule has 2 aromatic rings. The molecule has 0 spiro atoms. The Labute approximate surface area is 202 Å². The van der Waals surface area contributed by atoms with E-state index >= 15 is 0 Å². The van der Waals surface area contributed by atoms with Crippen molar-refractivity contribution >= 4 is 18.7 Å². The zero-order valence-electron chi connectivity index (χ0n) is 20.8. The molecule has 1 aliphatic heterocycles. The Morgan fingerprint density at radius 3 is 1.94 bits per heavy atom. The average molecular weight is 467 g/mol. The van der Waals surface area contributed by atoms with Crippen LogP contribution in [-0.2, 0) is 13.9 Å². The van der Waals surface area contributed by atoms with Gasteiger partial charge in [-0.05, 0) is 65.8 Å². The van der Waals surface area contributed by atoms with Gasteiger partial charge in [-0.15, -0.1) is 0 Å². The highest BCUT2D eigenvalue weighted by Gasteiger charge is 2.50. The number of ether oxygens (including phenoxy) is 2. The largest absolute Gasteiger partial charge is 0.407 e. The Bertz CT molecular complexity index is 787. The fourth-order valence-electron chi connectivity index (χ4n) is 5.80. The van der Waals surface area contributed by atoms with Gasteiger partial charge in [0.15, 0.2) is 6.29 Å². The molecule has 180 valence electrons. The van der Waals surface area contributed by atoms with Crippen molar-refractivity contribution in [3.63, 3.8) is 0 Å². The van der Waals surface area contributed by atoms with Crippen LogP contribution in [0.15, 0.2) is 60.7 Å². The zero-order valence-corrected chi connectivity index (χ0v) is 21.8. The first-order chi connectivity index (χ1) is 16.0. The topological polar surface area (TPSA) is 27.7 Å². The minimum Gasteiger partial charge on any atom is -0.407 e.